The number of esters is 4. The Kier molecular flexibility index (Phi) is 31.2. The lowest BCUT2D eigenvalue weighted by atomic mass is 10.1. The minimum atomic E-state index is -0.324. The maximum absolute atomic E-state index is 10.7. The molecule has 0 atom stereocenters. The smallest absolute Gasteiger partial charge is 0.302 e. The highest BCUT2D eigenvalue weighted by molar-refractivity contribution is 9.09. The molecule has 1 N–H and O–H groups in total. The van der Waals surface area contributed by atoms with Crippen molar-refractivity contribution in [1.29, 1.82) is 0 Å². The number of rotatable bonds is 18. The molecule has 1 saturated heterocycles. The highest BCUT2D eigenvalue weighted by Crippen LogP contribution is 2.17. The Morgan fingerprint density at radius 2 is 0.781 bits per heavy atom. The van der Waals surface area contributed by atoms with Crippen molar-refractivity contribution in [1.82, 2.24) is 0 Å². The Labute approximate surface area is 382 Å². The van der Waals surface area contributed by atoms with Gasteiger partial charge in [0, 0.05) is 57.4 Å². The van der Waals surface area contributed by atoms with Gasteiger partial charge in [0.1, 0.15) is 81.8 Å². The predicted molar refractivity (Wildman–Crippen MR) is 244 cm³/mol. The van der Waals surface area contributed by atoms with Gasteiger partial charge in [-0.05, 0) is 96.8 Å². The molecule has 0 amide bonds. The van der Waals surface area contributed by atoms with Crippen molar-refractivity contribution in [2.24, 2.45) is 0 Å². The molecule has 0 bridgehead atoms. The summed E-state index contributed by atoms with van der Waals surface area (Å²) in [6.45, 7) is 9.59. The van der Waals surface area contributed by atoms with Gasteiger partial charge in [-0.2, -0.15) is 0 Å². The van der Waals surface area contributed by atoms with Gasteiger partial charge in [0.2, 0.25) is 0 Å². The van der Waals surface area contributed by atoms with Crippen LogP contribution < -0.4 is 14.2 Å². The van der Waals surface area contributed by atoms with Gasteiger partial charge in [-0.15, -0.1) is 0 Å². The summed E-state index contributed by atoms with van der Waals surface area (Å²) in [5.41, 5.74) is 3.25. The molecule has 4 aromatic carbocycles. The van der Waals surface area contributed by atoms with Gasteiger partial charge in [0.05, 0.1) is 0 Å². The standard InChI is InChI=1S/C22H24O6.C11H12O4.C7H6O2.C4H7BrO2.C4H8O/c1-17(23)25-13-15-27-21-9-5-19(6-10-21)3-4-20-7-11-22(12-8-20)28-16-14-26-18(2)24;1-9(13)14-6-7-15-11-4-2-10(8-12)3-5-11;8-5-6-1-3-7(9)4-2-6;1-4(6)7-3-2-5;1-2-4-5-3-1/h3-12H,13-16H2,1-2H3;2-5,8H,6-7H2,1H3;1-5,9H;2-3H2,1H3;1-4H2/b4-3+;;;;. The van der Waals surface area contributed by atoms with Crippen LogP contribution in [0.2, 0.25) is 0 Å². The number of aldehydes is 2. The fourth-order valence-electron chi connectivity index (χ4n) is 4.47. The number of ether oxygens (including phenoxy) is 8. The largest absolute Gasteiger partial charge is 0.508 e. The number of alkyl halides is 1. The van der Waals surface area contributed by atoms with E-state index in [-0.39, 0.29) is 49.4 Å². The zero-order valence-corrected chi connectivity index (χ0v) is 38.2. The zero-order chi connectivity index (χ0) is 47.2. The number of phenolic OH excluding ortho intramolecular Hbond substituents is 1. The number of aromatic hydroxyl groups is 1. The molecule has 0 aromatic heterocycles. The van der Waals surface area contributed by atoms with E-state index < -0.39 is 0 Å². The minimum absolute atomic E-state index is 0.181. The van der Waals surface area contributed by atoms with Gasteiger partial charge in [-0.1, -0.05) is 52.3 Å². The molecular formula is C48H57BrO15. The van der Waals surface area contributed by atoms with E-state index in [1.54, 1.807) is 36.4 Å². The predicted octanol–water partition coefficient (Wildman–Crippen LogP) is 8.13. The first-order valence-electron chi connectivity index (χ1n) is 20.1. The molecule has 15 nitrogen and oxygen atoms in total. The van der Waals surface area contributed by atoms with Crippen molar-refractivity contribution in [2.45, 2.75) is 40.5 Å². The molecule has 16 heteroatoms. The summed E-state index contributed by atoms with van der Waals surface area (Å²) in [5, 5.41) is 9.45. The number of hydrogen-bond donors (Lipinski definition) is 1. The summed E-state index contributed by atoms with van der Waals surface area (Å²) in [6, 6.07) is 28.0. The van der Waals surface area contributed by atoms with Crippen LogP contribution in [0.4, 0.5) is 0 Å². The number of hydrogen-bond acceptors (Lipinski definition) is 15. The number of halogens is 1. The molecule has 0 aliphatic carbocycles. The molecule has 346 valence electrons. The van der Waals surface area contributed by atoms with Gasteiger partial charge >= 0.3 is 23.9 Å². The minimum Gasteiger partial charge on any atom is -0.508 e. The Bertz CT molecular complexity index is 1850. The van der Waals surface area contributed by atoms with E-state index >= 15 is 0 Å². The lowest BCUT2D eigenvalue weighted by Gasteiger charge is -2.07. The van der Waals surface area contributed by atoms with E-state index in [1.807, 2.05) is 60.7 Å². The first-order chi connectivity index (χ1) is 30.8. The summed E-state index contributed by atoms with van der Waals surface area (Å²) in [5.74, 6) is 1.10. The fourth-order valence-corrected chi connectivity index (χ4v) is 4.63. The second-order valence-electron chi connectivity index (χ2n) is 12.8. The van der Waals surface area contributed by atoms with Crippen molar-refractivity contribution >= 4 is 64.5 Å². The molecule has 0 spiro atoms. The van der Waals surface area contributed by atoms with E-state index in [0.29, 0.717) is 48.6 Å². The molecule has 0 radical (unpaired) electrons. The quantitative estimate of drug-likeness (QED) is 0.0250. The van der Waals surface area contributed by atoms with E-state index in [4.69, 9.17) is 33.5 Å². The highest BCUT2D eigenvalue weighted by atomic mass is 79.9. The zero-order valence-electron chi connectivity index (χ0n) is 36.6. The Balaban J connectivity index is 0.000000469. The first-order valence-corrected chi connectivity index (χ1v) is 21.2. The molecule has 1 aliphatic rings. The van der Waals surface area contributed by atoms with Crippen molar-refractivity contribution in [3.05, 3.63) is 119 Å². The van der Waals surface area contributed by atoms with E-state index in [1.165, 1.54) is 52.7 Å². The normalized spacial score (nSPS) is 10.8. The van der Waals surface area contributed by atoms with Crippen LogP contribution in [0, 0.1) is 0 Å². The summed E-state index contributed by atoms with van der Waals surface area (Å²) in [7, 11) is 0. The molecule has 64 heavy (non-hydrogen) atoms. The molecule has 5 rings (SSSR count). The third-order valence-electron chi connectivity index (χ3n) is 7.46. The fraction of sp³-hybridized carbons (Fsp3) is 0.333. The highest BCUT2D eigenvalue weighted by Gasteiger charge is 2.00. The van der Waals surface area contributed by atoms with Crippen LogP contribution >= 0.6 is 15.9 Å². The summed E-state index contributed by atoms with van der Waals surface area (Å²) >= 11 is 3.10. The number of phenols is 1. The van der Waals surface area contributed by atoms with Crippen LogP contribution in [-0.4, -0.2) is 106 Å². The topological polar surface area (TPSA) is 196 Å². The molecule has 1 aliphatic heterocycles. The van der Waals surface area contributed by atoms with Crippen molar-refractivity contribution in [3.63, 3.8) is 0 Å². The SMILES string of the molecule is C1CCOC1.CC(=O)OCCBr.CC(=O)OCCOc1ccc(/C=C/c2ccc(OCCOC(C)=O)cc2)cc1.CC(=O)OCCOc1ccc(C=O)cc1.O=Cc1ccc(O)cc1. The van der Waals surface area contributed by atoms with Crippen LogP contribution in [0.3, 0.4) is 0 Å². The summed E-state index contributed by atoms with van der Waals surface area (Å²) in [4.78, 5) is 62.1. The van der Waals surface area contributed by atoms with Gasteiger partial charge < -0.3 is 43.0 Å². The lowest BCUT2D eigenvalue weighted by molar-refractivity contribution is -0.142. The number of benzene rings is 4. The van der Waals surface area contributed by atoms with Crippen LogP contribution in [0.25, 0.3) is 12.2 Å². The molecular weight excluding hydrogens is 896 g/mol. The molecule has 4 aromatic rings. The van der Waals surface area contributed by atoms with Crippen molar-refractivity contribution < 1.29 is 71.8 Å². The molecule has 0 unspecified atom stereocenters. The monoisotopic (exact) mass is 952 g/mol. The molecule has 1 fully saturated rings. The van der Waals surface area contributed by atoms with Crippen LogP contribution in [-0.2, 0) is 42.9 Å². The van der Waals surface area contributed by atoms with Gasteiger partial charge in [-0.25, -0.2) is 0 Å². The van der Waals surface area contributed by atoms with Crippen molar-refractivity contribution in [2.75, 3.05) is 64.8 Å². The molecule has 0 saturated carbocycles. The Hall–Kier alpha value is -6.52. The van der Waals surface area contributed by atoms with Crippen LogP contribution in [0.1, 0.15) is 72.4 Å². The average molecular weight is 954 g/mol. The maximum Gasteiger partial charge on any atom is 0.302 e. The third-order valence-corrected chi connectivity index (χ3v) is 7.78. The Morgan fingerprint density at radius 3 is 1.03 bits per heavy atom. The van der Waals surface area contributed by atoms with E-state index in [2.05, 4.69) is 25.4 Å². The van der Waals surface area contributed by atoms with Crippen LogP contribution in [0.5, 0.6) is 23.0 Å². The lowest BCUT2D eigenvalue weighted by Crippen LogP contribution is -2.09. The average Bonchev–Trinajstić information content (AvgIpc) is 3.89. The van der Waals surface area contributed by atoms with E-state index in [0.717, 1.165) is 48.4 Å². The van der Waals surface area contributed by atoms with Gasteiger partial charge in [0.25, 0.3) is 0 Å². The second-order valence-corrected chi connectivity index (χ2v) is 13.6. The van der Waals surface area contributed by atoms with Crippen LogP contribution in [0.15, 0.2) is 97.1 Å². The molecule has 1 heterocycles. The maximum atomic E-state index is 10.7. The first kappa shape index (κ1) is 55.5. The summed E-state index contributed by atoms with van der Waals surface area (Å²) < 4.78 is 40.0. The second kappa shape index (κ2) is 36.0. The number of carbonyl (C=O) groups excluding carboxylic acids is 6. The van der Waals surface area contributed by atoms with Gasteiger partial charge in [-0.3, -0.25) is 28.8 Å². The Morgan fingerprint density at radius 1 is 0.484 bits per heavy atom. The van der Waals surface area contributed by atoms with Crippen molar-refractivity contribution in [3.8, 4) is 23.0 Å². The number of carbonyl (C=O) groups is 6. The van der Waals surface area contributed by atoms with E-state index in [9.17, 15) is 28.8 Å². The summed E-state index contributed by atoms with van der Waals surface area (Å²) in [6.07, 6.45) is 8.06. The van der Waals surface area contributed by atoms with Gasteiger partial charge in [0.15, 0.2) is 0 Å². The third kappa shape index (κ3) is 31.3.